The van der Waals surface area contributed by atoms with Crippen molar-refractivity contribution in [3.05, 3.63) is 63.4 Å². The molecule has 0 fully saturated rings. The van der Waals surface area contributed by atoms with Gasteiger partial charge >= 0.3 is 0 Å². The lowest BCUT2D eigenvalue weighted by atomic mass is 10.0. The van der Waals surface area contributed by atoms with Crippen LogP contribution in [0.15, 0.2) is 40.9 Å². The summed E-state index contributed by atoms with van der Waals surface area (Å²) in [5.41, 5.74) is 3.27. The van der Waals surface area contributed by atoms with E-state index in [0.717, 1.165) is 16.8 Å². The van der Waals surface area contributed by atoms with Gasteiger partial charge in [0.25, 0.3) is 0 Å². The van der Waals surface area contributed by atoms with Crippen molar-refractivity contribution in [2.24, 2.45) is 0 Å². The molecule has 0 radical (unpaired) electrons. The van der Waals surface area contributed by atoms with Crippen molar-refractivity contribution in [1.29, 1.82) is 0 Å². The summed E-state index contributed by atoms with van der Waals surface area (Å²) in [4.78, 5) is 11.3. The van der Waals surface area contributed by atoms with E-state index in [1.165, 1.54) is 12.1 Å². The molecule has 0 aliphatic carbocycles. The van der Waals surface area contributed by atoms with Crippen LogP contribution in [0.5, 0.6) is 0 Å². The number of fused-ring (bicyclic) bond motifs is 1. The van der Waals surface area contributed by atoms with E-state index in [1.54, 1.807) is 6.07 Å². The number of benzene rings is 2. The summed E-state index contributed by atoms with van der Waals surface area (Å²) in [6.07, 6.45) is 0.361. The predicted octanol–water partition coefficient (Wildman–Crippen LogP) is 4.41. The quantitative estimate of drug-likeness (QED) is 0.795. The van der Waals surface area contributed by atoms with Gasteiger partial charge in [-0.05, 0) is 41.0 Å². The van der Waals surface area contributed by atoms with Gasteiger partial charge in [-0.15, -0.1) is 11.6 Å². The zero-order valence-corrected chi connectivity index (χ0v) is 12.6. The molecule has 0 saturated heterocycles. The third kappa shape index (κ3) is 2.58. The number of alkyl halides is 1. The molecule has 0 spiro atoms. The van der Waals surface area contributed by atoms with E-state index in [9.17, 15) is 9.18 Å². The average molecular weight is 355 g/mol. The van der Waals surface area contributed by atoms with Crippen LogP contribution in [0.1, 0.15) is 22.1 Å². The SMILES string of the molecule is O=C1Cc2cc(C(Cl)c3cc(F)cc(Br)c3)ccc2N1. The highest BCUT2D eigenvalue weighted by atomic mass is 79.9. The van der Waals surface area contributed by atoms with E-state index < -0.39 is 5.38 Å². The monoisotopic (exact) mass is 353 g/mol. The van der Waals surface area contributed by atoms with Crippen LogP contribution in [0.25, 0.3) is 0 Å². The number of halogens is 3. The molecule has 1 N–H and O–H groups in total. The number of carbonyl (C=O) groups is 1. The Morgan fingerprint density at radius 2 is 2.00 bits per heavy atom. The molecule has 1 heterocycles. The van der Waals surface area contributed by atoms with E-state index >= 15 is 0 Å². The van der Waals surface area contributed by atoms with E-state index in [-0.39, 0.29) is 11.7 Å². The van der Waals surface area contributed by atoms with Gasteiger partial charge in [0.05, 0.1) is 11.8 Å². The maximum absolute atomic E-state index is 13.4. The van der Waals surface area contributed by atoms with Crippen molar-refractivity contribution in [3.63, 3.8) is 0 Å². The largest absolute Gasteiger partial charge is 0.326 e. The highest BCUT2D eigenvalue weighted by molar-refractivity contribution is 9.10. The smallest absolute Gasteiger partial charge is 0.228 e. The second kappa shape index (κ2) is 5.19. The van der Waals surface area contributed by atoms with E-state index in [4.69, 9.17) is 11.6 Å². The first kappa shape index (κ1) is 13.6. The Balaban J connectivity index is 1.97. The van der Waals surface area contributed by atoms with Crippen molar-refractivity contribution in [3.8, 4) is 0 Å². The van der Waals surface area contributed by atoms with Gasteiger partial charge in [0.15, 0.2) is 0 Å². The predicted molar refractivity (Wildman–Crippen MR) is 80.6 cm³/mol. The van der Waals surface area contributed by atoms with Gasteiger partial charge < -0.3 is 5.32 Å². The van der Waals surface area contributed by atoms with Gasteiger partial charge in [-0.3, -0.25) is 4.79 Å². The number of anilines is 1. The van der Waals surface area contributed by atoms with Gasteiger partial charge in [0.2, 0.25) is 5.91 Å². The zero-order valence-electron chi connectivity index (χ0n) is 10.3. The number of nitrogens with one attached hydrogen (secondary N) is 1. The van der Waals surface area contributed by atoms with Gasteiger partial charge in [-0.2, -0.15) is 0 Å². The third-order valence-corrected chi connectivity index (χ3v) is 4.19. The van der Waals surface area contributed by atoms with Crippen molar-refractivity contribution >= 4 is 39.1 Å². The summed E-state index contributed by atoms with van der Waals surface area (Å²) in [5.74, 6) is -0.352. The lowest BCUT2D eigenvalue weighted by molar-refractivity contribution is -0.115. The highest BCUT2D eigenvalue weighted by Crippen LogP contribution is 2.34. The normalized spacial score (nSPS) is 14.8. The molecule has 0 saturated carbocycles. The second-order valence-electron chi connectivity index (χ2n) is 4.71. The Kier molecular flexibility index (Phi) is 3.52. The van der Waals surface area contributed by atoms with E-state index in [0.29, 0.717) is 16.5 Å². The molecule has 102 valence electrons. The first-order valence-corrected chi connectivity index (χ1v) is 7.28. The molecule has 20 heavy (non-hydrogen) atoms. The van der Waals surface area contributed by atoms with Gasteiger partial charge in [-0.1, -0.05) is 28.1 Å². The van der Waals surface area contributed by atoms with Crippen LogP contribution < -0.4 is 5.32 Å². The molecule has 2 aromatic carbocycles. The molecule has 1 aliphatic heterocycles. The van der Waals surface area contributed by atoms with Gasteiger partial charge in [-0.25, -0.2) is 4.39 Å². The minimum atomic E-state index is -0.456. The Bertz CT molecular complexity index is 684. The minimum Gasteiger partial charge on any atom is -0.326 e. The summed E-state index contributed by atoms with van der Waals surface area (Å²) >= 11 is 9.68. The number of hydrogen-bond donors (Lipinski definition) is 1. The standard InChI is InChI=1S/C15H10BrClFNO/c16-11-4-10(5-12(18)7-11)15(17)8-1-2-13-9(3-8)6-14(20)19-13/h1-5,7,15H,6H2,(H,19,20). The summed E-state index contributed by atoms with van der Waals surface area (Å²) in [7, 11) is 0. The van der Waals surface area contributed by atoms with E-state index in [2.05, 4.69) is 21.2 Å². The highest BCUT2D eigenvalue weighted by Gasteiger charge is 2.20. The summed E-state index contributed by atoms with van der Waals surface area (Å²) in [6.45, 7) is 0. The summed E-state index contributed by atoms with van der Waals surface area (Å²) < 4.78 is 14.1. The molecule has 0 bridgehead atoms. The van der Waals surface area contributed by atoms with E-state index in [1.807, 2.05) is 18.2 Å². The van der Waals surface area contributed by atoms with Crippen LogP contribution in [0, 0.1) is 5.82 Å². The van der Waals surface area contributed by atoms with Gasteiger partial charge in [0.1, 0.15) is 5.82 Å². The molecule has 1 atom stereocenters. The number of rotatable bonds is 2. The molecule has 1 amide bonds. The summed E-state index contributed by atoms with van der Waals surface area (Å²) in [6, 6.07) is 10.2. The average Bonchev–Trinajstić information content (AvgIpc) is 2.75. The van der Waals surface area contributed by atoms with Crippen LogP contribution in [-0.4, -0.2) is 5.91 Å². The molecule has 5 heteroatoms. The maximum Gasteiger partial charge on any atom is 0.228 e. The molecule has 0 aromatic heterocycles. The van der Waals surface area contributed by atoms with Crippen LogP contribution in [0.3, 0.4) is 0 Å². The zero-order chi connectivity index (χ0) is 14.3. The second-order valence-corrected chi connectivity index (χ2v) is 6.06. The fraction of sp³-hybridized carbons (Fsp3) is 0.133. The number of amides is 1. The maximum atomic E-state index is 13.4. The number of hydrogen-bond acceptors (Lipinski definition) is 1. The van der Waals surface area contributed by atoms with Crippen LogP contribution >= 0.6 is 27.5 Å². The van der Waals surface area contributed by atoms with Crippen molar-refractivity contribution in [1.82, 2.24) is 0 Å². The molecule has 2 aromatic rings. The molecular weight excluding hydrogens is 345 g/mol. The lowest BCUT2D eigenvalue weighted by Gasteiger charge is -2.12. The van der Waals surface area contributed by atoms with Crippen molar-refractivity contribution in [2.75, 3.05) is 5.32 Å². The van der Waals surface area contributed by atoms with Crippen LogP contribution in [0.4, 0.5) is 10.1 Å². The van der Waals surface area contributed by atoms with Crippen molar-refractivity contribution < 1.29 is 9.18 Å². The van der Waals surface area contributed by atoms with Crippen molar-refractivity contribution in [2.45, 2.75) is 11.8 Å². The van der Waals surface area contributed by atoms with Gasteiger partial charge in [0, 0.05) is 10.2 Å². The Morgan fingerprint density at radius 1 is 1.20 bits per heavy atom. The lowest BCUT2D eigenvalue weighted by Crippen LogP contribution is -2.03. The fourth-order valence-electron chi connectivity index (χ4n) is 2.32. The van der Waals surface area contributed by atoms with Crippen LogP contribution in [-0.2, 0) is 11.2 Å². The molecular formula is C15H10BrClFNO. The first-order valence-electron chi connectivity index (χ1n) is 6.05. The topological polar surface area (TPSA) is 29.1 Å². The first-order chi connectivity index (χ1) is 9.52. The molecule has 3 rings (SSSR count). The number of carbonyl (C=O) groups excluding carboxylic acids is 1. The summed E-state index contributed by atoms with van der Waals surface area (Å²) in [5, 5.41) is 2.32. The Morgan fingerprint density at radius 3 is 2.75 bits per heavy atom. The Labute approximate surface area is 129 Å². The van der Waals surface area contributed by atoms with Crippen LogP contribution in [0.2, 0.25) is 0 Å². The Hall–Kier alpha value is -1.39. The third-order valence-electron chi connectivity index (χ3n) is 3.22. The fourth-order valence-corrected chi connectivity index (χ4v) is 3.07. The molecule has 2 nitrogen and oxygen atoms in total. The molecule has 1 unspecified atom stereocenters. The minimum absolute atomic E-state index is 0.0169. The molecule has 1 aliphatic rings.